The van der Waals surface area contributed by atoms with Crippen molar-refractivity contribution in [1.29, 1.82) is 0 Å². The Hall–Kier alpha value is -3.40. The third kappa shape index (κ3) is 7.11. The number of hydrogen-bond donors (Lipinski definition) is 2. The fourth-order valence-electron chi connectivity index (χ4n) is 5.82. The minimum Gasteiger partial charge on any atom is -0.479 e. The number of fused-ring (bicyclic) bond motifs is 1. The third-order valence-corrected chi connectivity index (χ3v) is 16.2. The fraction of sp³-hybridized carbons (Fsp3) is 0.516. The van der Waals surface area contributed by atoms with Crippen LogP contribution in [-0.2, 0) is 4.74 Å². The zero-order valence-corrected chi connectivity index (χ0v) is 29.0. The summed E-state index contributed by atoms with van der Waals surface area (Å²) in [4.78, 5) is 24.5. The molecular formula is C31H45N5O6Si2. The van der Waals surface area contributed by atoms with Gasteiger partial charge < -0.3 is 34.0 Å². The van der Waals surface area contributed by atoms with E-state index in [4.69, 9.17) is 23.4 Å². The van der Waals surface area contributed by atoms with E-state index in [1.165, 1.54) is 31.5 Å². The minimum absolute atomic E-state index is 0.0771. The van der Waals surface area contributed by atoms with Crippen LogP contribution in [0.25, 0.3) is 0 Å². The molecule has 1 fully saturated rings. The third-order valence-electron chi connectivity index (χ3n) is 8.67. The van der Waals surface area contributed by atoms with Gasteiger partial charge in [-0.3, -0.25) is 9.69 Å². The molecule has 5 rings (SSSR count). The molecule has 13 heteroatoms. The highest BCUT2D eigenvalue weighted by Gasteiger charge is 2.40. The number of aromatic nitrogens is 2. The lowest BCUT2D eigenvalue weighted by molar-refractivity contribution is 0.0378. The summed E-state index contributed by atoms with van der Waals surface area (Å²) in [5.41, 5.74) is 1.28. The summed E-state index contributed by atoms with van der Waals surface area (Å²) in [5.74, 6) is 1.28. The van der Waals surface area contributed by atoms with E-state index in [1.54, 1.807) is 17.3 Å². The van der Waals surface area contributed by atoms with Crippen LogP contribution in [0.15, 0.2) is 28.7 Å². The fourth-order valence-corrected chi connectivity index (χ4v) is 16.1. The number of nitrogens with zero attached hydrogens (tertiary/aromatic N) is 3. The van der Waals surface area contributed by atoms with Crippen molar-refractivity contribution in [2.45, 2.75) is 51.6 Å². The molecule has 2 aromatic heterocycles. The number of methoxy groups -OCH3 is 2. The standard InChI is InChI=1S/C31H45N5O6Si2/c1-21-19-24-25(44(6,7)18-17-43(24,4)5)20-23(21)42-26-10-9-22(41-26)28(37)33-27-29(38-2)34-31(35-30(27)39-3)32-11-8-12-36-13-15-40-16-14-36/h9-10,19-20H,8,11-18H2,1-7H3,(H,33,37)(H,32,34,35). The highest BCUT2D eigenvalue weighted by molar-refractivity contribution is 7.03. The molecule has 1 amide bonds. The molecule has 0 saturated carbocycles. The van der Waals surface area contributed by atoms with Crippen LogP contribution in [0.1, 0.15) is 22.5 Å². The van der Waals surface area contributed by atoms with Crippen molar-refractivity contribution in [1.82, 2.24) is 14.9 Å². The minimum atomic E-state index is -1.55. The highest BCUT2D eigenvalue weighted by atomic mass is 28.3. The van der Waals surface area contributed by atoms with Gasteiger partial charge in [0.1, 0.15) is 5.75 Å². The molecular weight excluding hydrogens is 595 g/mol. The lowest BCUT2D eigenvalue weighted by atomic mass is 10.2. The number of amides is 1. The van der Waals surface area contributed by atoms with Crippen molar-refractivity contribution >= 4 is 44.1 Å². The molecule has 0 radical (unpaired) electrons. The molecule has 4 heterocycles. The van der Waals surface area contributed by atoms with E-state index in [0.717, 1.165) is 50.6 Å². The van der Waals surface area contributed by atoms with Crippen LogP contribution >= 0.6 is 0 Å². The van der Waals surface area contributed by atoms with Crippen LogP contribution in [0.5, 0.6) is 23.5 Å². The molecule has 2 N–H and O–H groups in total. The second-order valence-corrected chi connectivity index (χ2v) is 22.4. The van der Waals surface area contributed by atoms with Crippen LogP contribution in [0.3, 0.4) is 0 Å². The Morgan fingerprint density at radius 3 is 2.25 bits per heavy atom. The van der Waals surface area contributed by atoms with Gasteiger partial charge in [0.25, 0.3) is 11.9 Å². The van der Waals surface area contributed by atoms with E-state index in [2.05, 4.69) is 70.7 Å². The second-order valence-electron chi connectivity index (χ2n) is 12.8. The smallest absolute Gasteiger partial charge is 0.291 e. The summed E-state index contributed by atoms with van der Waals surface area (Å²) in [5, 5.41) is 9.05. The number of ether oxygens (including phenoxy) is 4. The Balaban J connectivity index is 1.26. The quantitative estimate of drug-likeness (QED) is 0.231. The molecule has 0 spiro atoms. The van der Waals surface area contributed by atoms with E-state index in [-0.39, 0.29) is 29.2 Å². The van der Waals surface area contributed by atoms with Gasteiger partial charge in [-0.2, -0.15) is 9.97 Å². The van der Waals surface area contributed by atoms with Gasteiger partial charge in [-0.1, -0.05) is 54.7 Å². The summed E-state index contributed by atoms with van der Waals surface area (Å²) in [6.07, 6.45) is 0.916. The molecule has 0 bridgehead atoms. The first-order valence-electron chi connectivity index (χ1n) is 15.3. The van der Waals surface area contributed by atoms with E-state index >= 15 is 0 Å². The predicted molar refractivity (Wildman–Crippen MR) is 177 cm³/mol. The lowest BCUT2D eigenvalue weighted by Gasteiger charge is -2.40. The average Bonchev–Trinajstić information content (AvgIpc) is 3.48. The number of furan rings is 1. The van der Waals surface area contributed by atoms with Crippen molar-refractivity contribution < 1.29 is 28.2 Å². The Labute approximate surface area is 261 Å². The van der Waals surface area contributed by atoms with Gasteiger partial charge >= 0.3 is 0 Å². The van der Waals surface area contributed by atoms with Gasteiger partial charge in [0.05, 0.1) is 43.6 Å². The topological polar surface area (TPSA) is 120 Å². The molecule has 0 aliphatic carbocycles. The highest BCUT2D eigenvalue weighted by Crippen LogP contribution is 2.34. The molecule has 1 saturated heterocycles. The maximum atomic E-state index is 13.2. The maximum Gasteiger partial charge on any atom is 0.291 e. The van der Waals surface area contributed by atoms with Crippen molar-refractivity contribution in [3.8, 4) is 23.5 Å². The number of nitrogens with one attached hydrogen (secondary N) is 2. The first-order valence-corrected chi connectivity index (χ1v) is 21.7. The molecule has 11 nitrogen and oxygen atoms in total. The number of anilines is 2. The number of carbonyl (C=O) groups is 1. The average molecular weight is 640 g/mol. The molecule has 3 aromatic rings. The Morgan fingerprint density at radius 2 is 1.61 bits per heavy atom. The SMILES string of the molecule is COc1nc(NCCCN2CCOCC2)nc(OC)c1NC(=O)c1ccc(Oc2cc3c(cc2C)[Si](C)(C)CC[Si]3(C)C)o1. The van der Waals surface area contributed by atoms with Crippen molar-refractivity contribution in [2.24, 2.45) is 0 Å². The number of rotatable bonds is 11. The predicted octanol–water partition coefficient (Wildman–Crippen LogP) is 4.42. The number of aryl methyl sites for hydroxylation is 1. The van der Waals surface area contributed by atoms with Crippen molar-refractivity contribution in [3.63, 3.8) is 0 Å². The molecule has 0 unspecified atom stereocenters. The first kappa shape index (κ1) is 32.0. The maximum absolute atomic E-state index is 13.2. The van der Waals surface area contributed by atoms with Gasteiger partial charge in [0.15, 0.2) is 11.4 Å². The second kappa shape index (κ2) is 13.3. The molecule has 2 aliphatic heterocycles. The van der Waals surface area contributed by atoms with Crippen LogP contribution in [0, 0.1) is 6.92 Å². The summed E-state index contributed by atoms with van der Waals surface area (Å²) in [6, 6.07) is 10.4. The Bertz CT molecular complexity index is 1460. The summed E-state index contributed by atoms with van der Waals surface area (Å²) >= 11 is 0. The summed E-state index contributed by atoms with van der Waals surface area (Å²) in [6.45, 7) is 16.9. The van der Waals surface area contributed by atoms with E-state index in [9.17, 15) is 4.79 Å². The molecule has 0 atom stereocenters. The zero-order valence-electron chi connectivity index (χ0n) is 27.0. The summed E-state index contributed by atoms with van der Waals surface area (Å²) < 4.78 is 28.4. The van der Waals surface area contributed by atoms with Gasteiger partial charge in [0.2, 0.25) is 17.7 Å². The monoisotopic (exact) mass is 639 g/mol. The van der Waals surface area contributed by atoms with E-state index < -0.39 is 22.1 Å². The van der Waals surface area contributed by atoms with Gasteiger partial charge in [-0.25, -0.2) is 0 Å². The van der Waals surface area contributed by atoms with Crippen LogP contribution < -0.4 is 35.2 Å². The molecule has 2 aliphatic rings. The van der Waals surface area contributed by atoms with Crippen LogP contribution in [-0.4, -0.2) is 90.5 Å². The Morgan fingerprint density at radius 1 is 0.977 bits per heavy atom. The molecule has 44 heavy (non-hydrogen) atoms. The molecule has 238 valence electrons. The number of carbonyl (C=O) groups excluding carboxylic acids is 1. The number of hydrogen-bond acceptors (Lipinski definition) is 10. The lowest BCUT2D eigenvalue weighted by Crippen LogP contribution is -2.63. The van der Waals surface area contributed by atoms with Gasteiger partial charge in [-0.05, 0) is 37.6 Å². The number of morpholine rings is 1. The van der Waals surface area contributed by atoms with Crippen molar-refractivity contribution in [2.75, 3.05) is 64.2 Å². The Kier molecular flexibility index (Phi) is 9.68. The van der Waals surface area contributed by atoms with Crippen LogP contribution in [0.2, 0.25) is 38.3 Å². The van der Waals surface area contributed by atoms with Gasteiger partial charge in [-0.15, -0.1) is 0 Å². The number of benzene rings is 1. The van der Waals surface area contributed by atoms with Crippen molar-refractivity contribution in [3.05, 3.63) is 35.6 Å². The van der Waals surface area contributed by atoms with E-state index in [1.807, 2.05) is 0 Å². The zero-order chi connectivity index (χ0) is 31.5. The molecule has 1 aromatic carbocycles. The normalized spacial score (nSPS) is 17.4. The summed E-state index contributed by atoms with van der Waals surface area (Å²) in [7, 11) is -0.0610. The van der Waals surface area contributed by atoms with Gasteiger partial charge in [0, 0.05) is 25.7 Å². The van der Waals surface area contributed by atoms with E-state index in [0.29, 0.717) is 12.5 Å². The van der Waals surface area contributed by atoms with Crippen LogP contribution in [0.4, 0.5) is 11.6 Å². The largest absolute Gasteiger partial charge is 0.479 e. The first-order chi connectivity index (χ1) is 21.0.